The van der Waals surface area contributed by atoms with E-state index in [1.165, 1.54) is 16.7 Å². The lowest BCUT2D eigenvalue weighted by Crippen LogP contribution is -2.35. The summed E-state index contributed by atoms with van der Waals surface area (Å²) >= 11 is 1.55. The molecule has 8 heteroatoms. The Hall–Kier alpha value is -2.45. The molecule has 1 aliphatic rings. The number of thiazole rings is 1. The number of benzene rings is 1. The number of ether oxygens (including phenoxy) is 1. The van der Waals surface area contributed by atoms with E-state index in [2.05, 4.69) is 56.6 Å². The Morgan fingerprint density at radius 3 is 2.75 bits per heavy atom. The van der Waals surface area contributed by atoms with Gasteiger partial charge in [0.05, 0.1) is 5.01 Å². The summed E-state index contributed by atoms with van der Waals surface area (Å²) in [4.78, 5) is 19.3. The number of aryl methyl sites for hydroxylation is 2. The van der Waals surface area contributed by atoms with Crippen molar-refractivity contribution < 1.29 is 9.53 Å². The number of carbonyl (C=O) groups is 1. The smallest absolute Gasteiger partial charge is 0.212 e. The largest absolute Gasteiger partial charge is 0.385 e. The Morgan fingerprint density at radius 2 is 2.11 bits per heavy atom. The van der Waals surface area contributed by atoms with Gasteiger partial charge in [-0.05, 0) is 49.9 Å². The van der Waals surface area contributed by atoms with Gasteiger partial charge in [-0.3, -0.25) is 9.79 Å². The first-order chi connectivity index (χ1) is 13.6. The first-order valence-electron chi connectivity index (χ1n) is 9.36. The van der Waals surface area contributed by atoms with Gasteiger partial charge in [-0.2, -0.15) is 0 Å². The molecule has 2 heterocycles. The molecule has 0 fully saturated rings. The summed E-state index contributed by atoms with van der Waals surface area (Å²) in [5.74, 6) is 1.46. The minimum Gasteiger partial charge on any atom is -0.385 e. The molecule has 1 aromatic carbocycles. The van der Waals surface area contributed by atoms with E-state index in [-0.39, 0.29) is 0 Å². The molecule has 2 aromatic rings. The molecule has 1 aromatic heterocycles. The Bertz CT molecular complexity index is 802. The lowest BCUT2D eigenvalue weighted by molar-refractivity contribution is -0.105. The molecule has 28 heavy (non-hydrogen) atoms. The van der Waals surface area contributed by atoms with Gasteiger partial charge < -0.3 is 20.7 Å². The second kappa shape index (κ2) is 11.4. The highest BCUT2D eigenvalue weighted by molar-refractivity contribution is 7.10. The number of amides is 1. The predicted octanol–water partition coefficient (Wildman–Crippen LogP) is 3.33. The summed E-state index contributed by atoms with van der Waals surface area (Å²) in [5, 5.41) is 12.1. The summed E-state index contributed by atoms with van der Waals surface area (Å²) in [5.41, 5.74) is 4.70. The number of hydrogen-bond acceptors (Lipinski definition) is 7. The average Bonchev–Trinajstić information content (AvgIpc) is 3.14. The van der Waals surface area contributed by atoms with Crippen molar-refractivity contribution in [3.8, 4) is 0 Å². The maximum atomic E-state index is 10.5. The van der Waals surface area contributed by atoms with Crippen molar-refractivity contribution in [1.29, 1.82) is 0 Å². The van der Waals surface area contributed by atoms with Gasteiger partial charge in [0.15, 0.2) is 5.96 Å². The van der Waals surface area contributed by atoms with Gasteiger partial charge in [0.25, 0.3) is 0 Å². The standard InChI is InChI=1S/C17H21N5OS.C3H8O/c1-11-7-14(21-17-18-4-3-5-19-17)12(2)6-13(11)8-16-22-15(9-24-16)20-10-23;1-3-4-2/h6-7,9-10H,3-5,8H2,1-2H3,(H,20,23)(H2,18,19,21);3H2,1-2H3. The molecule has 1 amide bonds. The van der Waals surface area contributed by atoms with E-state index < -0.39 is 0 Å². The fraction of sp³-hybridized carbons (Fsp3) is 0.450. The van der Waals surface area contributed by atoms with Crippen LogP contribution in [0.2, 0.25) is 0 Å². The zero-order valence-corrected chi connectivity index (χ0v) is 17.8. The topological polar surface area (TPSA) is 87.6 Å². The van der Waals surface area contributed by atoms with Crippen molar-refractivity contribution in [2.24, 2.45) is 4.99 Å². The SMILES string of the molecule is CCOC.Cc1cc(NC2=NCCCN2)c(C)cc1Cc1nc(NC=O)cs1. The van der Waals surface area contributed by atoms with Crippen LogP contribution >= 0.6 is 11.3 Å². The predicted molar refractivity (Wildman–Crippen MR) is 117 cm³/mol. The van der Waals surface area contributed by atoms with Gasteiger partial charge in [-0.1, -0.05) is 6.07 Å². The van der Waals surface area contributed by atoms with Crippen molar-refractivity contribution in [2.45, 2.75) is 33.6 Å². The Labute approximate surface area is 170 Å². The van der Waals surface area contributed by atoms with Crippen molar-refractivity contribution in [1.82, 2.24) is 10.3 Å². The van der Waals surface area contributed by atoms with Gasteiger partial charge in [-0.25, -0.2) is 4.98 Å². The molecular weight excluding hydrogens is 374 g/mol. The quantitative estimate of drug-likeness (QED) is 0.644. The normalized spacial score (nSPS) is 12.9. The molecule has 1 aliphatic heterocycles. The number of aliphatic imine (C=N–C) groups is 1. The first-order valence-corrected chi connectivity index (χ1v) is 10.2. The molecule has 0 radical (unpaired) electrons. The van der Waals surface area contributed by atoms with E-state index in [0.717, 1.165) is 49.2 Å². The van der Waals surface area contributed by atoms with Crippen LogP contribution in [0.15, 0.2) is 22.5 Å². The summed E-state index contributed by atoms with van der Waals surface area (Å²) in [6.07, 6.45) is 2.49. The molecular formula is C20H29N5O2S. The van der Waals surface area contributed by atoms with Gasteiger partial charge in [0.1, 0.15) is 5.82 Å². The third kappa shape index (κ3) is 6.61. The number of methoxy groups -OCH3 is 1. The Kier molecular flexibility index (Phi) is 8.90. The number of rotatable bonds is 6. The highest BCUT2D eigenvalue weighted by atomic mass is 32.1. The Balaban J connectivity index is 0.000000640. The van der Waals surface area contributed by atoms with E-state index in [9.17, 15) is 4.79 Å². The molecule has 0 atom stereocenters. The van der Waals surface area contributed by atoms with Crippen LogP contribution in [0.1, 0.15) is 35.0 Å². The van der Waals surface area contributed by atoms with E-state index in [0.29, 0.717) is 12.2 Å². The summed E-state index contributed by atoms with van der Waals surface area (Å²) in [6.45, 7) is 8.81. The Morgan fingerprint density at radius 1 is 1.32 bits per heavy atom. The van der Waals surface area contributed by atoms with Crippen LogP contribution < -0.4 is 16.0 Å². The van der Waals surface area contributed by atoms with E-state index in [1.807, 2.05) is 12.3 Å². The van der Waals surface area contributed by atoms with Crippen LogP contribution in [-0.4, -0.2) is 44.2 Å². The van der Waals surface area contributed by atoms with Crippen LogP contribution in [0.3, 0.4) is 0 Å². The summed E-state index contributed by atoms with van der Waals surface area (Å²) in [7, 11) is 1.68. The number of nitrogens with zero attached hydrogens (tertiary/aromatic N) is 2. The maximum absolute atomic E-state index is 10.5. The van der Waals surface area contributed by atoms with Crippen LogP contribution in [-0.2, 0) is 16.0 Å². The fourth-order valence-corrected chi connectivity index (χ4v) is 3.38. The first kappa shape index (κ1) is 21.8. The summed E-state index contributed by atoms with van der Waals surface area (Å²) < 4.78 is 4.54. The molecule has 152 valence electrons. The van der Waals surface area contributed by atoms with Crippen molar-refractivity contribution in [3.63, 3.8) is 0 Å². The molecule has 0 aliphatic carbocycles. The third-order valence-corrected chi connectivity index (χ3v) is 5.07. The van der Waals surface area contributed by atoms with Crippen molar-refractivity contribution >= 4 is 35.2 Å². The highest BCUT2D eigenvalue weighted by Gasteiger charge is 2.10. The average molecular weight is 404 g/mol. The number of anilines is 2. The van der Waals surface area contributed by atoms with E-state index in [4.69, 9.17) is 0 Å². The second-order valence-electron chi connectivity index (χ2n) is 6.37. The zero-order valence-electron chi connectivity index (χ0n) is 17.0. The van der Waals surface area contributed by atoms with Gasteiger partial charge in [0.2, 0.25) is 6.41 Å². The highest BCUT2D eigenvalue weighted by Crippen LogP contribution is 2.25. The third-order valence-electron chi connectivity index (χ3n) is 4.22. The molecule has 3 rings (SSSR count). The second-order valence-corrected chi connectivity index (χ2v) is 7.31. The lowest BCUT2D eigenvalue weighted by atomic mass is 10.0. The fourth-order valence-electron chi connectivity index (χ4n) is 2.63. The van der Waals surface area contributed by atoms with Crippen LogP contribution in [0.4, 0.5) is 11.5 Å². The van der Waals surface area contributed by atoms with E-state index >= 15 is 0 Å². The lowest BCUT2D eigenvalue weighted by Gasteiger charge is -2.18. The zero-order chi connectivity index (χ0) is 20.4. The van der Waals surface area contributed by atoms with Gasteiger partial charge in [-0.15, -0.1) is 11.3 Å². The number of carbonyl (C=O) groups excluding carboxylic acids is 1. The van der Waals surface area contributed by atoms with Crippen LogP contribution in [0.25, 0.3) is 0 Å². The molecule has 0 unspecified atom stereocenters. The number of guanidine groups is 1. The maximum Gasteiger partial charge on any atom is 0.212 e. The number of nitrogens with one attached hydrogen (secondary N) is 3. The minimum atomic E-state index is 0.610. The molecule has 7 nitrogen and oxygen atoms in total. The summed E-state index contributed by atoms with van der Waals surface area (Å²) in [6, 6.07) is 4.34. The van der Waals surface area contributed by atoms with E-state index in [1.54, 1.807) is 18.4 Å². The molecule has 0 bridgehead atoms. The number of hydrogen-bond donors (Lipinski definition) is 3. The molecule has 0 saturated heterocycles. The monoisotopic (exact) mass is 403 g/mol. The van der Waals surface area contributed by atoms with Crippen molar-refractivity contribution in [2.75, 3.05) is 37.4 Å². The van der Waals surface area contributed by atoms with Crippen LogP contribution in [0, 0.1) is 13.8 Å². The molecule has 0 saturated carbocycles. The van der Waals surface area contributed by atoms with Crippen molar-refractivity contribution in [3.05, 3.63) is 39.2 Å². The number of aromatic nitrogens is 1. The van der Waals surface area contributed by atoms with Crippen LogP contribution in [0.5, 0.6) is 0 Å². The molecule has 3 N–H and O–H groups in total. The minimum absolute atomic E-state index is 0.610. The van der Waals surface area contributed by atoms with Gasteiger partial charge >= 0.3 is 0 Å². The molecule has 0 spiro atoms. The van der Waals surface area contributed by atoms with Gasteiger partial charge in [0, 0.05) is 44.3 Å².